The zero-order valence-corrected chi connectivity index (χ0v) is 21.6. The van der Waals surface area contributed by atoms with E-state index in [1.165, 1.54) is 29.2 Å². The van der Waals surface area contributed by atoms with Crippen molar-refractivity contribution in [2.75, 3.05) is 12.4 Å². The van der Waals surface area contributed by atoms with Gasteiger partial charge in [0.2, 0.25) is 0 Å². The van der Waals surface area contributed by atoms with E-state index >= 15 is 0 Å². The number of aromatic nitrogens is 1. The lowest BCUT2D eigenvalue weighted by Crippen LogP contribution is -2.02. The van der Waals surface area contributed by atoms with E-state index in [2.05, 4.69) is 108 Å². The minimum atomic E-state index is -0.182. The summed E-state index contributed by atoms with van der Waals surface area (Å²) in [6.07, 6.45) is 9.99. The van der Waals surface area contributed by atoms with E-state index < -0.39 is 0 Å². The summed E-state index contributed by atoms with van der Waals surface area (Å²) in [5.41, 5.74) is 9.36. The number of H-pyrrole nitrogens is 1. The monoisotopic (exact) mass is 490 g/mol. The molecule has 0 fully saturated rings. The quantitative estimate of drug-likeness (QED) is 0.168. The Morgan fingerprint density at radius 3 is 2.38 bits per heavy atom. The Bertz CT molecular complexity index is 1410. The Kier molecular flexibility index (Phi) is 8.77. The molecule has 1 heterocycles. The van der Waals surface area contributed by atoms with Gasteiger partial charge in [-0.3, -0.25) is 4.79 Å². The number of hydrogen-bond donors (Lipinski definition) is 2. The maximum absolute atomic E-state index is 11.3. The first-order valence-corrected chi connectivity index (χ1v) is 12.6. The largest absolute Gasteiger partial charge is 0.469 e. The first-order valence-electron chi connectivity index (χ1n) is 12.6. The lowest BCUT2D eigenvalue weighted by molar-refractivity contribution is -0.140. The predicted octanol–water partition coefficient (Wildman–Crippen LogP) is 7.62. The Morgan fingerprint density at radius 1 is 0.973 bits per heavy atom. The molecule has 0 saturated carbocycles. The fourth-order valence-corrected chi connectivity index (χ4v) is 4.48. The Morgan fingerprint density at radius 2 is 1.68 bits per heavy atom. The molecule has 37 heavy (non-hydrogen) atoms. The van der Waals surface area contributed by atoms with Gasteiger partial charge in [0.05, 0.1) is 12.8 Å². The predicted molar refractivity (Wildman–Crippen MR) is 155 cm³/mol. The van der Waals surface area contributed by atoms with Crippen molar-refractivity contribution >= 4 is 28.1 Å². The van der Waals surface area contributed by atoms with E-state index in [-0.39, 0.29) is 5.97 Å². The number of carbonyl (C=O) groups excluding carboxylic acids is 1. The van der Waals surface area contributed by atoms with Gasteiger partial charge in [-0.25, -0.2) is 0 Å². The van der Waals surface area contributed by atoms with E-state index in [0.717, 1.165) is 41.0 Å². The fraction of sp³-hybridized carbons (Fsp3) is 0.182. The molecule has 3 aromatic carbocycles. The summed E-state index contributed by atoms with van der Waals surface area (Å²) >= 11 is 0. The van der Waals surface area contributed by atoms with Crippen LogP contribution in [0.3, 0.4) is 0 Å². The van der Waals surface area contributed by atoms with Gasteiger partial charge in [-0.2, -0.15) is 0 Å². The summed E-state index contributed by atoms with van der Waals surface area (Å²) in [5, 5.41) is 4.73. The third-order valence-electron chi connectivity index (χ3n) is 6.45. The van der Waals surface area contributed by atoms with Crippen LogP contribution in [0.2, 0.25) is 0 Å². The number of methoxy groups -OCH3 is 1. The standard InChI is InChI=1S/C33H34N2O2/c1-4-8-27(9-5-2)33-30(29-10-6-7-11-31(29)35-33)22-25-12-14-26(15-13-25)23-34-28-19-16-24(17-20-28)18-21-32(36)37-3/h4-17,19-20,34-35H,1,18,21-23H2,2-3H3/b9-5-,27-8+. The van der Waals surface area contributed by atoms with Gasteiger partial charge in [0, 0.05) is 36.0 Å². The molecule has 0 bridgehead atoms. The lowest BCUT2D eigenvalue weighted by atomic mass is 9.97. The molecule has 188 valence electrons. The van der Waals surface area contributed by atoms with Crippen molar-refractivity contribution in [1.82, 2.24) is 4.98 Å². The summed E-state index contributed by atoms with van der Waals surface area (Å²) in [5.74, 6) is -0.182. The lowest BCUT2D eigenvalue weighted by Gasteiger charge is -2.10. The van der Waals surface area contributed by atoms with Gasteiger partial charge >= 0.3 is 5.97 Å². The highest BCUT2D eigenvalue weighted by atomic mass is 16.5. The molecule has 2 N–H and O–H groups in total. The molecule has 4 rings (SSSR count). The molecule has 0 unspecified atom stereocenters. The molecule has 4 nitrogen and oxygen atoms in total. The fourth-order valence-electron chi connectivity index (χ4n) is 4.48. The van der Waals surface area contributed by atoms with Crippen LogP contribution >= 0.6 is 0 Å². The summed E-state index contributed by atoms with van der Waals surface area (Å²) in [4.78, 5) is 15.0. The smallest absolute Gasteiger partial charge is 0.305 e. The number of benzene rings is 3. The number of allylic oxidation sites excluding steroid dienone is 5. The number of ether oxygens (including phenoxy) is 1. The Hall–Kier alpha value is -4.31. The molecule has 0 spiro atoms. The topological polar surface area (TPSA) is 54.1 Å². The minimum Gasteiger partial charge on any atom is -0.469 e. The molecule has 4 aromatic rings. The summed E-state index contributed by atoms with van der Waals surface area (Å²) in [6, 6.07) is 25.5. The number of rotatable bonds is 11. The van der Waals surface area contributed by atoms with Crippen molar-refractivity contribution in [2.45, 2.75) is 32.7 Å². The Labute approximate surface area is 219 Å². The maximum atomic E-state index is 11.3. The number of para-hydroxylation sites is 1. The van der Waals surface area contributed by atoms with E-state index in [1.54, 1.807) is 0 Å². The van der Waals surface area contributed by atoms with Crippen molar-refractivity contribution in [3.05, 3.63) is 132 Å². The molecule has 0 aliphatic rings. The number of nitrogens with one attached hydrogen (secondary N) is 2. The number of hydrogen-bond acceptors (Lipinski definition) is 3. The second-order valence-corrected chi connectivity index (χ2v) is 9.00. The van der Waals surface area contributed by atoms with Gasteiger partial charge in [0.15, 0.2) is 0 Å². The molecule has 0 amide bonds. The van der Waals surface area contributed by atoms with Crippen LogP contribution in [0, 0.1) is 0 Å². The summed E-state index contributed by atoms with van der Waals surface area (Å²) in [7, 11) is 1.42. The Balaban J connectivity index is 1.44. The van der Waals surface area contributed by atoms with Gasteiger partial charge < -0.3 is 15.0 Å². The van der Waals surface area contributed by atoms with Crippen LogP contribution < -0.4 is 5.32 Å². The van der Waals surface area contributed by atoms with Crippen LogP contribution in [0.5, 0.6) is 0 Å². The van der Waals surface area contributed by atoms with E-state index in [9.17, 15) is 4.79 Å². The van der Waals surface area contributed by atoms with Gasteiger partial charge in [-0.1, -0.05) is 85.5 Å². The number of anilines is 1. The first kappa shape index (κ1) is 25.8. The summed E-state index contributed by atoms with van der Waals surface area (Å²) in [6.45, 7) is 6.68. The molecule has 1 aromatic heterocycles. The normalized spacial score (nSPS) is 11.7. The third kappa shape index (κ3) is 6.68. The highest BCUT2D eigenvalue weighted by Gasteiger charge is 2.14. The number of carbonyl (C=O) groups is 1. The molecule has 0 saturated heterocycles. The van der Waals surface area contributed by atoms with Crippen molar-refractivity contribution in [3.63, 3.8) is 0 Å². The van der Waals surface area contributed by atoms with Crippen molar-refractivity contribution < 1.29 is 9.53 Å². The highest BCUT2D eigenvalue weighted by molar-refractivity contribution is 5.91. The van der Waals surface area contributed by atoms with Crippen LogP contribution in [0.25, 0.3) is 16.5 Å². The molecule has 0 aliphatic carbocycles. The van der Waals surface area contributed by atoms with E-state index in [0.29, 0.717) is 12.8 Å². The van der Waals surface area contributed by atoms with Crippen LogP contribution in [-0.4, -0.2) is 18.1 Å². The molecule has 0 atom stereocenters. The highest BCUT2D eigenvalue weighted by Crippen LogP contribution is 2.30. The van der Waals surface area contributed by atoms with Crippen LogP contribution in [0.4, 0.5) is 5.69 Å². The van der Waals surface area contributed by atoms with Gasteiger partial charge in [-0.05, 0) is 59.4 Å². The number of fused-ring (bicyclic) bond motifs is 1. The zero-order valence-electron chi connectivity index (χ0n) is 21.6. The molecule has 4 heteroatoms. The van der Waals surface area contributed by atoms with Crippen LogP contribution in [-0.2, 0) is 28.9 Å². The maximum Gasteiger partial charge on any atom is 0.305 e. The van der Waals surface area contributed by atoms with E-state index in [4.69, 9.17) is 4.74 Å². The number of esters is 1. The van der Waals surface area contributed by atoms with Gasteiger partial charge in [0.25, 0.3) is 0 Å². The second-order valence-electron chi connectivity index (χ2n) is 9.00. The van der Waals surface area contributed by atoms with Crippen LogP contribution in [0.15, 0.2) is 104 Å². The number of aryl methyl sites for hydroxylation is 1. The third-order valence-corrected chi connectivity index (χ3v) is 6.45. The molecular formula is C33H34N2O2. The zero-order chi connectivity index (χ0) is 26.0. The molecule has 0 aliphatic heterocycles. The van der Waals surface area contributed by atoms with Gasteiger partial charge in [-0.15, -0.1) is 0 Å². The second kappa shape index (κ2) is 12.6. The van der Waals surface area contributed by atoms with E-state index in [1.807, 2.05) is 13.0 Å². The average Bonchev–Trinajstić information content (AvgIpc) is 3.30. The molecular weight excluding hydrogens is 456 g/mol. The van der Waals surface area contributed by atoms with Crippen LogP contribution in [0.1, 0.15) is 41.3 Å². The van der Waals surface area contributed by atoms with Crippen molar-refractivity contribution in [1.29, 1.82) is 0 Å². The van der Waals surface area contributed by atoms with Gasteiger partial charge in [0.1, 0.15) is 0 Å². The molecule has 0 radical (unpaired) electrons. The summed E-state index contributed by atoms with van der Waals surface area (Å²) < 4.78 is 4.71. The first-order chi connectivity index (χ1) is 18.1. The number of aromatic amines is 1. The average molecular weight is 491 g/mol. The van der Waals surface area contributed by atoms with Crippen molar-refractivity contribution in [2.24, 2.45) is 0 Å². The SMILES string of the molecule is C=C/C=C(\C=C/C)c1[nH]c2ccccc2c1Cc1ccc(CNc2ccc(CCC(=O)OC)cc2)cc1. The minimum absolute atomic E-state index is 0.182. The van der Waals surface area contributed by atoms with Crippen molar-refractivity contribution in [3.8, 4) is 0 Å².